The van der Waals surface area contributed by atoms with E-state index in [9.17, 15) is 0 Å². The molecule has 0 saturated carbocycles. The minimum absolute atomic E-state index is 0.252. The molecular weight excluding hydrogens is 248 g/mol. The van der Waals surface area contributed by atoms with Gasteiger partial charge in [0.1, 0.15) is 17.5 Å². The average molecular weight is 264 g/mol. The molecule has 0 amide bonds. The number of nitrogens with one attached hydrogen (secondary N) is 2. The molecule has 6 nitrogen and oxygen atoms in total. The van der Waals surface area contributed by atoms with E-state index in [-0.39, 0.29) is 5.92 Å². The highest BCUT2D eigenvalue weighted by Crippen LogP contribution is 2.17. The predicted octanol–water partition coefficient (Wildman–Crippen LogP) is 1.95. The van der Waals surface area contributed by atoms with Gasteiger partial charge >= 0.3 is 0 Å². The maximum atomic E-state index is 5.40. The summed E-state index contributed by atoms with van der Waals surface area (Å²) in [5.41, 5.74) is 4.36. The number of anilines is 2. The lowest BCUT2D eigenvalue weighted by atomic mass is 10.2. The average Bonchev–Trinajstić information content (AvgIpc) is 2.89. The van der Waals surface area contributed by atoms with Gasteiger partial charge < -0.3 is 10.7 Å². The number of nitrogen functional groups attached to an aromatic ring is 1. The van der Waals surface area contributed by atoms with Gasteiger partial charge in [-0.25, -0.2) is 15.8 Å². The number of aromatic nitrogens is 3. The maximum absolute atomic E-state index is 5.40. The maximum Gasteiger partial charge on any atom is 0.145 e. The van der Waals surface area contributed by atoms with E-state index in [2.05, 4.69) is 25.7 Å². The number of hydrogen-bond donors (Lipinski definition) is 3. The van der Waals surface area contributed by atoms with E-state index in [1.165, 1.54) is 0 Å². The second-order valence-electron chi connectivity index (χ2n) is 4.12. The Balaban J connectivity index is 2.13. The molecule has 96 valence electrons. The molecule has 0 radical (unpaired) electrons. The SMILES string of the molecule is CC(C)c1nc(NN)cc(NCc2cncs2)n1. The van der Waals surface area contributed by atoms with Crippen LogP contribution in [0.15, 0.2) is 17.8 Å². The van der Waals surface area contributed by atoms with Gasteiger partial charge in [-0.15, -0.1) is 11.3 Å². The van der Waals surface area contributed by atoms with Gasteiger partial charge in [-0.1, -0.05) is 13.8 Å². The second-order valence-corrected chi connectivity index (χ2v) is 5.09. The predicted molar refractivity (Wildman–Crippen MR) is 73.4 cm³/mol. The monoisotopic (exact) mass is 264 g/mol. The van der Waals surface area contributed by atoms with Crippen molar-refractivity contribution in [2.45, 2.75) is 26.3 Å². The number of hydrogen-bond acceptors (Lipinski definition) is 7. The van der Waals surface area contributed by atoms with Crippen molar-refractivity contribution in [1.29, 1.82) is 0 Å². The molecule has 18 heavy (non-hydrogen) atoms. The van der Waals surface area contributed by atoms with Crippen LogP contribution >= 0.6 is 11.3 Å². The van der Waals surface area contributed by atoms with Crippen LogP contribution in [0, 0.1) is 0 Å². The van der Waals surface area contributed by atoms with Gasteiger partial charge in [0, 0.05) is 23.1 Å². The Kier molecular flexibility index (Phi) is 4.06. The molecule has 0 saturated heterocycles. The van der Waals surface area contributed by atoms with Crippen molar-refractivity contribution in [3.63, 3.8) is 0 Å². The number of hydrazine groups is 1. The Morgan fingerprint density at radius 1 is 1.33 bits per heavy atom. The van der Waals surface area contributed by atoms with Crippen LogP contribution in [0.5, 0.6) is 0 Å². The first kappa shape index (κ1) is 12.7. The Morgan fingerprint density at radius 3 is 2.72 bits per heavy atom. The van der Waals surface area contributed by atoms with E-state index in [4.69, 9.17) is 5.84 Å². The molecule has 0 aromatic carbocycles. The van der Waals surface area contributed by atoms with E-state index < -0.39 is 0 Å². The van der Waals surface area contributed by atoms with Gasteiger partial charge in [-0.3, -0.25) is 4.98 Å². The van der Waals surface area contributed by atoms with E-state index in [0.717, 1.165) is 16.5 Å². The first-order valence-corrected chi connectivity index (χ1v) is 6.54. The van der Waals surface area contributed by atoms with Crippen LogP contribution in [0.1, 0.15) is 30.5 Å². The molecule has 0 aliphatic heterocycles. The molecule has 7 heteroatoms. The fraction of sp³-hybridized carbons (Fsp3) is 0.364. The lowest BCUT2D eigenvalue weighted by molar-refractivity contribution is 0.775. The number of nitrogens with zero attached hydrogens (tertiary/aromatic N) is 3. The van der Waals surface area contributed by atoms with Crippen LogP contribution in [-0.4, -0.2) is 15.0 Å². The molecule has 0 bridgehead atoms. The summed E-state index contributed by atoms with van der Waals surface area (Å²) in [6, 6.07) is 1.78. The van der Waals surface area contributed by atoms with Crippen molar-refractivity contribution < 1.29 is 0 Å². The van der Waals surface area contributed by atoms with Gasteiger partial charge in [0.25, 0.3) is 0 Å². The Labute approximate surface area is 110 Å². The quantitative estimate of drug-likeness (QED) is 0.565. The van der Waals surface area contributed by atoms with Crippen LogP contribution in [0.2, 0.25) is 0 Å². The Hall–Kier alpha value is -1.73. The fourth-order valence-corrected chi connectivity index (χ4v) is 1.93. The van der Waals surface area contributed by atoms with Gasteiger partial charge in [-0.05, 0) is 0 Å². The van der Waals surface area contributed by atoms with Crippen molar-refractivity contribution in [3.05, 3.63) is 28.5 Å². The van der Waals surface area contributed by atoms with Crippen LogP contribution in [-0.2, 0) is 6.54 Å². The Bertz CT molecular complexity index is 496. The largest absolute Gasteiger partial charge is 0.365 e. The zero-order valence-electron chi connectivity index (χ0n) is 10.3. The third-order valence-electron chi connectivity index (χ3n) is 2.33. The lowest BCUT2D eigenvalue weighted by Crippen LogP contribution is -2.12. The van der Waals surface area contributed by atoms with E-state index in [1.54, 1.807) is 17.4 Å². The summed E-state index contributed by atoms with van der Waals surface area (Å²) in [6.45, 7) is 4.79. The highest BCUT2D eigenvalue weighted by atomic mass is 32.1. The molecule has 0 fully saturated rings. The summed E-state index contributed by atoms with van der Waals surface area (Å²) in [5.74, 6) is 7.79. The molecule has 0 spiro atoms. The van der Waals surface area contributed by atoms with Crippen LogP contribution in [0.3, 0.4) is 0 Å². The van der Waals surface area contributed by atoms with Gasteiger partial charge in [0.05, 0.1) is 12.1 Å². The molecule has 2 heterocycles. The normalized spacial score (nSPS) is 10.7. The third-order valence-corrected chi connectivity index (χ3v) is 3.11. The number of rotatable bonds is 5. The molecule has 0 aliphatic carbocycles. The van der Waals surface area contributed by atoms with Gasteiger partial charge in [0.2, 0.25) is 0 Å². The third kappa shape index (κ3) is 3.14. The van der Waals surface area contributed by atoms with Crippen LogP contribution in [0.25, 0.3) is 0 Å². The molecular formula is C11H16N6S. The van der Waals surface area contributed by atoms with Crippen molar-refractivity contribution in [3.8, 4) is 0 Å². The van der Waals surface area contributed by atoms with Crippen LogP contribution in [0.4, 0.5) is 11.6 Å². The fourth-order valence-electron chi connectivity index (χ4n) is 1.40. The van der Waals surface area contributed by atoms with Crippen molar-refractivity contribution in [2.75, 3.05) is 10.7 Å². The Morgan fingerprint density at radius 2 is 2.11 bits per heavy atom. The molecule has 4 N–H and O–H groups in total. The molecule has 2 rings (SSSR count). The van der Waals surface area contributed by atoms with Gasteiger partial charge in [0.15, 0.2) is 0 Å². The highest BCUT2D eigenvalue weighted by Gasteiger charge is 2.07. The standard InChI is InChI=1S/C11H16N6S/c1-7(2)11-15-9(3-10(16-11)17-12)14-5-8-4-13-6-18-8/h3-4,6-7H,5,12H2,1-2H3,(H2,14,15,16,17). The topological polar surface area (TPSA) is 88.8 Å². The van der Waals surface area contributed by atoms with Crippen molar-refractivity contribution in [1.82, 2.24) is 15.0 Å². The van der Waals surface area contributed by atoms with E-state index >= 15 is 0 Å². The lowest BCUT2D eigenvalue weighted by Gasteiger charge is -2.10. The summed E-state index contributed by atoms with van der Waals surface area (Å²) in [4.78, 5) is 13.9. The smallest absolute Gasteiger partial charge is 0.145 e. The minimum Gasteiger partial charge on any atom is -0.365 e. The molecule has 0 unspecified atom stereocenters. The van der Waals surface area contributed by atoms with Gasteiger partial charge in [-0.2, -0.15) is 0 Å². The first-order chi connectivity index (χ1) is 8.69. The van der Waals surface area contributed by atoms with Crippen molar-refractivity contribution >= 4 is 23.0 Å². The molecule has 2 aromatic heterocycles. The molecule has 0 atom stereocenters. The highest BCUT2D eigenvalue weighted by molar-refractivity contribution is 7.09. The molecule has 2 aromatic rings. The zero-order valence-corrected chi connectivity index (χ0v) is 11.2. The summed E-state index contributed by atoms with van der Waals surface area (Å²) in [6.07, 6.45) is 1.84. The van der Waals surface area contributed by atoms with Crippen molar-refractivity contribution in [2.24, 2.45) is 5.84 Å². The first-order valence-electron chi connectivity index (χ1n) is 5.66. The van der Waals surface area contributed by atoms with E-state index in [1.807, 2.05) is 25.6 Å². The molecule has 0 aliphatic rings. The number of thiazole rings is 1. The second kappa shape index (κ2) is 5.74. The van der Waals surface area contributed by atoms with E-state index in [0.29, 0.717) is 12.4 Å². The summed E-state index contributed by atoms with van der Waals surface area (Å²) in [7, 11) is 0. The summed E-state index contributed by atoms with van der Waals surface area (Å²) < 4.78 is 0. The minimum atomic E-state index is 0.252. The number of nitrogens with two attached hydrogens (primary N) is 1. The van der Waals surface area contributed by atoms with Crippen LogP contribution < -0.4 is 16.6 Å². The summed E-state index contributed by atoms with van der Waals surface area (Å²) in [5, 5.41) is 3.24. The summed E-state index contributed by atoms with van der Waals surface area (Å²) >= 11 is 1.61. The zero-order chi connectivity index (χ0) is 13.0.